The number of hydrogen-bond acceptors (Lipinski definition) is 3. The highest BCUT2D eigenvalue weighted by Crippen LogP contribution is 2.23. The highest BCUT2D eigenvalue weighted by Gasteiger charge is 2.08. The number of hydrogen-bond donors (Lipinski definition) is 1. The Morgan fingerprint density at radius 2 is 2.05 bits per heavy atom. The monoisotopic (exact) mass is 287 g/mol. The third kappa shape index (κ3) is 3.71. The molecule has 1 heterocycles. The molecule has 0 unspecified atom stereocenters. The normalized spacial score (nSPS) is 10.8. The van der Waals surface area contributed by atoms with Gasteiger partial charge in [0, 0.05) is 23.2 Å². The molecule has 1 aromatic carbocycles. The van der Waals surface area contributed by atoms with E-state index in [0.29, 0.717) is 0 Å². The number of nitrogens with zero attached hydrogens (tertiary/aromatic N) is 1. The minimum absolute atomic E-state index is 0.789. The fourth-order valence-electron chi connectivity index (χ4n) is 1.99. The lowest BCUT2D eigenvalue weighted by Gasteiger charge is -2.22. The summed E-state index contributed by atoms with van der Waals surface area (Å²) in [5.41, 5.74) is 2.16. The van der Waals surface area contributed by atoms with Gasteiger partial charge >= 0.3 is 5.97 Å². The third-order valence-electron chi connectivity index (χ3n) is 3.02. The van der Waals surface area contributed by atoms with Crippen molar-refractivity contribution in [3.05, 3.63) is 58.3 Å². The molecule has 0 spiro atoms. The Balaban J connectivity index is 2.17. The van der Waals surface area contributed by atoms with Gasteiger partial charge in [0.1, 0.15) is 0 Å². The van der Waals surface area contributed by atoms with Crippen LogP contribution in [-0.2, 0) is 11.3 Å². The molecule has 0 aliphatic carbocycles. The summed E-state index contributed by atoms with van der Waals surface area (Å²) in [5.74, 6) is -0.919. The smallest absolute Gasteiger partial charge is 0.328 e. The van der Waals surface area contributed by atoms with Gasteiger partial charge in [-0.3, -0.25) is 0 Å². The van der Waals surface area contributed by atoms with Crippen LogP contribution < -0.4 is 4.90 Å². The van der Waals surface area contributed by atoms with E-state index in [1.807, 2.05) is 29.6 Å². The molecule has 1 N–H and O–H groups in total. The molecule has 0 amide bonds. The standard InChI is InChI=1S/C16H17NO2S/c1-2-17(14-6-4-3-5-7-14)12-15-13(10-11-20-15)8-9-16(18)19/h3-11H,2,12H2,1H3,(H,18,19). The molecule has 0 saturated heterocycles. The van der Waals surface area contributed by atoms with E-state index in [2.05, 4.69) is 24.0 Å². The zero-order chi connectivity index (χ0) is 14.4. The SMILES string of the molecule is CCN(Cc1sccc1C=CC(=O)O)c1ccccc1. The zero-order valence-electron chi connectivity index (χ0n) is 11.3. The predicted octanol–water partition coefficient (Wildman–Crippen LogP) is 3.87. The Hall–Kier alpha value is -2.07. The topological polar surface area (TPSA) is 40.5 Å². The first-order valence-corrected chi connectivity index (χ1v) is 7.36. The number of anilines is 1. The quantitative estimate of drug-likeness (QED) is 0.820. The van der Waals surface area contributed by atoms with Gasteiger partial charge in [0.15, 0.2) is 0 Å². The summed E-state index contributed by atoms with van der Waals surface area (Å²) in [5, 5.41) is 10.7. The van der Waals surface area contributed by atoms with Gasteiger partial charge in [-0.1, -0.05) is 18.2 Å². The molecule has 0 atom stereocenters. The van der Waals surface area contributed by atoms with Crippen LogP contribution in [0.1, 0.15) is 17.4 Å². The van der Waals surface area contributed by atoms with Crippen molar-refractivity contribution in [3.8, 4) is 0 Å². The molecule has 1 aromatic heterocycles. The summed E-state index contributed by atoms with van der Waals surface area (Å²) >= 11 is 1.65. The number of benzene rings is 1. The van der Waals surface area contributed by atoms with Crippen molar-refractivity contribution in [2.45, 2.75) is 13.5 Å². The van der Waals surface area contributed by atoms with E-state index in [4.69, 9.17) is 5.11 Å². The number of para-hydroxylation sites is 1. The maximum atomic E-state index is 10.6. The lowest BCUT2D eigenvalue weighted by Crippen LogP contribution is -2.21. The molecular weight excluding hydrogens is 270 g/mol. The minimum atomic E-state index is -0.919. The van der Waals surface area contributed by atoms with Crippen LogP contribution >= 0.6 is 11.3 Å². The van der Waals surface area contributed by atoms with Crippen LogP contribution in [0.5, 0.6) is 0 Å². The molecule has 0 aliphatic rings. The van der Waals surface area contributed by atoms with E-state index >= 15 is 0 Å². The number of carboxylic acid groups (broad SMARTS) is 1. The molecule has 0 bridgehead atoms. The van der Waals surface area contributed by atoms with E-state index < -0.39 is 5.97 Å². The van der Waals surface area contributed by atoms with E-state index in [0.717, 1.165) is 18.7 Å². The Morgan fingerprint density at radius 3 is 2.70 bits per heavy atom. The van der Waals surface area contributed by atoms with Crippen LogP contribution in [-0.4, -0.2) is 17.6 Å². The molecule has 104 valence electrons. The van der Waals surface area contributed by atoms with Crippen LogP contribution in [0.15, 0.2) is 47.9 Å². The van der Waals surface area contributed by atoms with Crippen molar-refractivity contribution in [1.29, 1.82) is 0 Å². The molecule has 0 fully saturated rings. The van der Waals surface area contributed by atoms with Gasteiger partial charge in [-0.15, -0.1) is 11.3 Å². The second kappa shape index (κ2) is 6.91. The summed E-state index contributed by atoms with van der Waals surface area (Å²) < 4.78 is 0. The van der Waals surface area contributed by atoms with Crippen molar-refractivity contribution in [3.63, 3.8) is 0 Å². The van der Waals surface area contributed by atoms with Crippen LogP contribution in [0.25, 0.3) is 6.08 Å². The average Bonchev–Trinajstić information content (AvgIpc) is 2.90. The van der Waals surface area contributed by atoms with Crippen molar-refractivity contribution >= 4 is 29.1 Å². The average molecular weight is 287 g/mol. The first kappa shape index (κ1) is 14.3. The number of carbonyl (C=O) groups is 1. The lowest BCUT2D eigenvalue weighted by atomic mass is 10.2. The van der Waals surface area contributed by atoms with Crippen LogP contribution in [0.3, 0.4) is 0 Å². The van der Waals surface area contributed by atoms with E-state index in [1.54, 1.807) is 17.4 Å². The minimum Gasteiger partial charge on any atom is -0.478 e. The Kier molecular flexibility index (Phi) is 4.96. The highest BCUT2D eigenvalue weighted by atomic mass is 32.1. The van der Waals surface area contributed by atoms with Crippen LogP contribution in [0.4, 0.5) is 5.69 Å². The molecular formula is C16H17NO2S. The number of thiophene rings is 1. The summed E-state index contributed by atoms with van der Waals surface area (Å²) in [4.78, 5) is 14.1. The van der Waals surface area contributed by atoms with Gasteiger partial charge in [-0.2, -0.15) is 0 Å². The zero-order valence-corrected chi connectivity index (χ0v) is 12.1. The number of carboxylic acids is 1. The van der Waals surface area contributed by atoms with Gasteiger partial charge in [-0.05, 0) is 42.1 Å². The second-order valence-corrected chi connectivity index (χ2v) is 5.32. The van der Waals surface area contributed by atoms with Crippen LogP contribution in [0, 0.1) is 0 Å². The van der Waals surface area contributed by atoms with Crippen molar-refractivity contribution in [1.82, 2.24) is 0 Å². The Morgan fingerprint density at radius 1 is 1.30 bits per heavy atom. The Bertz CT molecular complexity index is 590. The molecule has 2 rings (SSSR count). The van der Waals surface area contributed by atoms with Gasteiger partial charge in [0.2, 0.25) is 0 Å². The second-order valence-electron chi connectivity index (χ2n) is 4.32. The highest BCUT2D eigenvalue weighted by molar-refractivity contribution is 7.10. The molecule has 0 radical (unpaired) electrons. The molecule has 4 heteroatoms. The van der Waals surface area contributed by atoms with E-state index in [1.165, 1.54) is 16.6 Å². The molecule has 2 aromatic rings. The van der Waals surface area contributed by atoms with Crippen molar-refractivity contribution in [2.24, 2.45) is 0 Å². The van der Waals surface area contributed by atoms with E-state index in [9.17, 15) is 4.79 Å². The maximum Gasteiger partial charge on any atom is 0.328 e. The molecule has 0 aliphatic heterocycles. The fraction of sp³-hybridized carbons (Fsp3) is 0.188. The molecule has 0 saturated carbocycles. The molecule has 20 heavy (non-hydrogen) atoms. The summed E-state index contributed by atoms with van der Waals surface area (Å²) in [6, 6.07) is 12.2. The van der Waals surface area contributed by atoms with Crippen molar-refractivity contribution < 1.29 is 9.90 Å². The van der Waals surface area contributed by atoms with E-state index in [-0.39, 0.29) is 0 Å². The van der Waals surface area contributed by atoms with Crippen molar-refractivity contribution in [2.75, 3.05) is 11.4 Å². The third-order valence-corrected chi connectivity index (χ3v) is 3.94. The fourth-order valence-corrected chi connectivity index (χ4v) is 2.87. The number of aliphatic carboxylic acids is 1. The van der Waals surface area contributed by atoms with Gasteiger partial charge in [-0.25, -0.2) is 4.79 Å². The summed E-state index contributed by atoms with van der Waals surface area (Å²) in [7, 11) is 0. The van der Waals surface area contributed by atoms with Gasteiger partial charge in [0.05, 0.1) is 6.54 Å². The van der Waals surface area contributed by atoms with Gasteiger partial charge in [0.25, 0.3) is 0 Å². The Labute approximate surface area is 122 Å². The first-order valence-electron chi connectivity index (χ1n) is 6.48. The molecule has 3 nitrogen and oxygen atoms in total. The maximum absolute atomic E-state index is 10.6. The summed E-state index contributed by atoms with van der Waals surface area (Å²) in [6.45, 7) is 3.81. The lowest BCUT2D eigenvalue weighted by molar-refractivity contribution is -0.131. The largest absolute Gasteiger partial charge is 0.478 e. The first-order chi connectivity index (χ1) is 9.70. The van der Waals surface area contributed by atoms with Gasteiger partial charge < -0.3 is 10.0 Å². The number of rotatable bonds is 6. The predicted molar refractivity (Wildman–Crippen MR) is 84.2 cm³/mol. The van der Waals surface area contributed by atoms with Crippen LogP contribution in [0.2, 0.25) is 0 Å². The summed E-state index contributed by atoms with van der Waals surface area (Å²) in [6.07, 6.45) is 2.84.